The Morgan fingerprint density at radius 1 is 1.23 bits per heavy atom. The van der Waals surface area contributed by atoms with Gasteiger partial charge in [0.25, 0.3) is 0 Å². The predicted molar refractivity (Wildman–Crippen MR) is 103 cm³/mol. The van der Waals surface area contributed by atoms with Crippen LogP contribution in [0.2, 0.25) is 0 Å². The topological polar surface area (TPSA) is 77.4 Å². The summed E-state index contributed by atoms with van der Waals surface area (Å²) in [6, 6.07) is 11.6. The van der Waals surface area contributed by atoms with E-state index in [2.05, 4.69) is 4.72 Å². The van der Waals surface area contributed by atoms with E-state index in [4.69, 9.17) is 4.74 Å². The quantitative estimate of drug-likeness (QED) is 0.699. The zero-order valence-electron chi connectivity index (χ0n) is 14.7. The van der Waals surface area contributed by atoms with Crippen molar-refractivity contribution >= 4 is 31.6 Å². The summed E-state index contributed by atoms with van der Waals surface area (Å²) in [7, 11) is -2.19. The maximum Gasteiger partial charge on any atom is 0.308 e. The smallest absolute Gasteiger partial charge is 0.308 e. The molecule has 1 heterocycles. The van der Waals surface area contributed by atoms with Gasteiger partial charge in [-0.25, -0.2) is 13.1 Å². The summed E-state index contributed by atoms with van der Waals surface area (Å²) in [5.74, 6) is 0.622. The van der Waals surface area contributed by atoms with E-state index in [1.165, 1.54) is 6.07 Å². The maximum atomic E-state index is 12.8. The van der Waals surface area contributed by atoms with Gasteiger partial charge in [0.15, 0.2) is 0 Å². The summed E-state index contributed by atoms with van der Waals surface area (Å²) in [6.07, 6.45) is 0. The van der Waals surface area contributed by atoms with Crippen LogP contribution in [-0.2, 0) is 16.6 Å². The Morgan fingerprint density at radius 2 is 1.96 bits per heavy atom. The second-order valence-corrected chi connectivity index (χ2v) is 8.53. The lowest BCUT2D eigenvalue weighted by atomic mass is 10.1. The van der Waals surface area contributed by atoms with Crippen LogP contribution in [0.3, 0.4) is 0 Å². The minimum absolute atomic E-state index is 0.0904. The Balaban J connectivity index is 1.95. The number of rotatable bonds is 6. The van der Waals surface area contributed by atoms with Crippen LogP contribution in [0.15, 0.2) is 52.2 Å². The molecule has 1 N–H and O–H groups in total. The molecule has 0 radical (unpaired) electrons. The van der Waals surface area contributed by atoms with Crippen molar-refractivity contribution in [1.82, 2.24) is 9.29 Å². The molecular formula is C18H20N2O4S2. The molecule has 0 spiro atoms. The van der Waals surface area contributed by atoms with Crippen LogP contribution in [0.1, 0.15) is 25.5 Å². The Kier molecular flexibility index (Phi) is 5.17. The van der Waals surface area contributed by atoms with Gasteiger partial charge in [0.2, 0.25) is 10.0 Å². The van der Waals surface area contributed by atoms with Crippen molar-refractivity contribution < 1.29 is 13.2 Å². The number of para-hydroxylation sites is 1. The second kappa shape index (κ2) is 7.22. The van der Waals surface area contributed by atoms with Gasteiger partial charge in [0, 0.05) is 18.2 Å². The number of ether oxygens (including phenoxy) is 1. The molecule has 0 saturated carbocycles. The molecule has 0 saturated heterocycles. The number of methoxy groups -OCH3 is 1. The number of thiazole rings is 1. The lowest BCUT2D eigenvalue weighted by molar-refractivity contribution is 0.405. The molecular weight excluding hydrogens is 372 g/mol. The van der Waals surface area contributed by atoms with Crippen molar-refractivity contribution in [1.29, 1.82) is 0 Å². The number of sulfonamides is 1. The number of nitrogens with one attached hydrogen (secondary N) is 1. The van der Waals surface area contributed by atoms with Gasteiger partial charge in [-0.1, -0.05) is 29.5 Å². The Bertz CT molecular complexity index is 1100. The molecule has 26 heavy (non-hydrogen) atoms. The van der Waals surface area contributed by atoms with Crippen LogP contribution in [0.25, 0.3) is 10.2 Å². The monoisotopic (exact) mass is 392 g/mol. The zero-order valence-corrected chi connectivity index (χ0v) is 16.4. The number of nitrogens with zero attached hydrogens (tertiary/aromatic N) is 1. The van der Waals surface area contributed by atoms with Gasteiger partial charge in [-0.05, 0) is 38.1 Å². The highest BCUT2D eigenvalue weighted by Crippen LogP contribution is 2.27. The first-order valence-corrected chi connectivity index (χ1v) is 10.5. The van der Waals surface area contributed by atoms with Crippen LogP contribution >= 0.6 is 11.3 Å². The van der Waals surface area contributed by atoms with Gasteiger partial charge in [0.05, 0.1) is 22.2 Å². The molecule has 6 nitrogen and oxygen atoms in total. The second-order valence-electron chi connectivity index (χ2n) is 5.83. The summed E-state index contributed by atoms with van der Waals surface area (Å²) in [6.45, 7) is 4.20. The van der Waals surface area contributed by atoms with Crippen molar-refractivity contribution in [3.63, 3.8) is 0 Å². The van der Waals surface area contributed by atoms with Crippen LogP contribution in [0.5, 0.6) is 5.75 Å². The molecule has 0 aliphatic carbocycles. The Labute approximate surface area is 156 Å². The lowest BCUT2D eigenvalue weighted by Gasteiger charge is -2.17. The third-order valence-electron chi connectivity index (χ3n) is 4.20. The van der Waals surface area contributed by atoms with Crippen molar-refractivity contribution in [2.45, 2.75) is 31.3 Å². The van der Waals surface area contributed by atoms with Gasteiger partial charge in [0.1, 0.15) is 5.75 Å². The lowest BCUT2D eigenvalue weighted by Crippen LogP contribution is -2.27. The van der Waals surface area contributed by atoms with E-state index in [-0.39, 0.29) is 9.77 Å². The summed E-state index contributed by atoms with van der Waals surface area (Å²) < 4.78 is 35.8. The van der Waals surface area contributed by atoms with Crippen molar-refractivity contribution in [2.24, 2.45) is 0 Å². The number of hydrogen-bond donors (Lipinski definition) is 1. The standard InChI is InChI=1S/C18H20N2O4S2/c1-4-20-15-10-9-13(11-17(15)25-18(20)21)26(22,23)19-12(2)14-7-5-6-8-16(14)24-3/h5-12,19H,4H2,1-3H3/t12-/m0/s1. The van der Waals surface area contributed by atoms with E-state index in [9.17, 15) is 13.2 Å². The van der Waals surface area contributed by atoms with Gasteiger partial charge < -0.3 is 4.74 Å². The highest BCUT2D eigenvalue weighted by molar-refractivity contribution is 7.89. The van der Waals surface area contributed by atoms with E-state index in [1.807, 2.05) is 25.1 Å². The molecule has 0 fully saturated rings. The van der Waals surface area contributed by atoms with Gasteiger partial charge >= 0.3 is 4.87 Å². The molecule has 3 aromatic rings. The molecule has 2 aromatic carbocycles. The van der Waals surface area contributed by atoms with Gasteiger partial charge in [-0.3, -0.25) is 9.36 Å². The largest absolute Gasteiger partial charge is 0.496 e. The van der Waals surface area contributed by atoms with Crippen LogP contribution < -0.4 is 14.3 Å². The molecule has 8 heteroatoms. The number of hydrogen-bond acceptors (Lipinski definition) is 5. The van der Waals surface area contributed by atoms with Crippen LogP contribution in [-0.4, -0.2) is 20.1 Å². The first-order valence-electron chi connectivity index (χ1n) is 8.16. The van der Waals surface area contributed by atoms with E-state index in [1.54, 1.807) is 36.8 Å². The zero-order chi connectivity index (χ0) is 18.9. The third-order valence-corrected chi connectivity index (χ3v) is 6.68. The average molecular weight is 393 g/mol. The maximum absolute atomic E-state index is 12.8. The molecule has 0 aliphatic heterocycles. The fourth-order valence-electron chi connectivity index (χ4n) is 2.90. The fraction of sp³-hybridized carbons (Fsp3) is 0.278. The summed E-state index contributed by atoms with van der Waals surface area (Å²) in [4.78, 5) is 12.0. The number of aryl methyl sites for hydroxylation is 1. The molecule has 0 unspecified atom stereocenters. The van der Waals surface area contributed by atoms with Crippen LogP contribution in [0, 0.1) is 0 Å². The summed E-state index contributed by atoms with van der Waals surface area (Å²) in [5, 5.41) is 0. The van der Waals surface area contributed by atoms with E-state index < -0.39 is 16.1 Å². The molecule has 1 aromatic heterocycles. The first kappa shape index (κ1) is 18.6. The van der Waals surface area contributed by atoms with Crippen molar-refractivity contribution in [3.05, 3.63) is 57.7 Å². The minimum atomic E-state index is -3.74. The van der Waals surface area contributed by atoms with E-state index >= 15 is 0 Å². The van der Waals surface area contributed by atoms with Gasteiger partial charge in [-0.2, -0.15) is 0 Å². The molecule has 138 valence electrons. The molecule has 3 rings (SSSR count). The normalized spacial score (nSPS) is 13.0. The van der Waals surface area contributed by atoms with Gasteiger partial charge in [-0.15, -0.1) is 0 Å². The fourth-order valence-corrected chi connectivity index (χ4v) is 5.22. The van der Waals surface area contributed by atoms with E-state index in [0.717, 1.165) is 22.4 Å². The highest BCUT2D eigenvalue weighted by Gasteiger charge is 2.21. The average Bonchev–Trinajstić information content (AvgIpc) is 2.95. The summed E-state index contributed by atoms with van der Waals surface area (Å²) >= 11 is 1.05. The van der Waals surface area contributed by atoms with Crippen molar-refractivity contribution in [3.8, 4) is 5.75 Å². The first-order chi connectivity index (χ1) is 12.4. The number of aromatic nitrogens is 1. The Morgan fingerprint density at radius 3 is 2.65 bits per heavy atom. The van der Waals surface area contributed by atoms with Crippen LogP contribution in [0.4, 0.5) is 0 Å². The number of benzene rings is 2. The highest BCUT2D eigenvalue weighted by atomic mass is 32.2. The summed E-state index contributed by atoms with van der Waals surface area (Å²) in [5.41, 5.74) is 1.50. The molecule has 0 aliphatic rings. The molecule has 1 atom stereocenters. The molecule has 0 amide bonds. The molecule has 0 bridgehead atoms. The Hall–Kier alpha value is -2.16. The van der Waals surface area contributed by atoms with E-state index in [0.29, 0.717) is 17.0 Å². The predicted octanol–water partition coefficient (Wildman–Crippen LogP) is 3.13. The third kappa shape index (κ3) is 3.40. The van der Waals surface area contributed by atoms with Crippen molar-refractivity contribution in [2.75, 3.05) is 7.11 Å². The SMILES string of the molecule is CCn1c(=O)sc2cc(S(=O)(=O)N[C@@H](C)c3ccccc3OC)ccc21. The number of fused-ring (bicyclic) bond motifs is 1. The minimum Gasteiger partial charge on any atom is -0.496 e.